The van der Waals surface area contributed by atoms with Crippen molar-refractivity contribution in [1.82, 2.24) is 4.98 Å². The molecule has 0 unspecified atom stereocenters. The van der Waals surface area contributed by atoms with Gasteiger partial charge >= 0.3 is 11.9 Å². The van der Waals surface area contributed by atoms with E-state index < -0.39 is 24.5 Å². The quantitative estimate of drug-likeness (QED) is 0.656. The number of esters is 2. The number of aromatic nitrogens is 1. The van der Waals surface area contributed by atoms with E-state index in [0.717, 1.165) is 5.01 Å². The number of aryl methyl sites for hydroxylation is 1. The summed E-state index contributed by atoms with van der Waals surface area (Å²) in [6.45, 7) is 3.04. The van der Waals surface area contributed by atoms with Crippen LogP contribution in [0.25, 0.3) is 0 Å². The van der Waals surface area contributed by atoms with E-state index in [0.29, 0.717) is 11.4 Å². The lowest BCUT2D eigenvalue weighted by atomic mass is 10.3. The molecule has 0 aliphatic heterocycles. The molecule has 0 saturated heterocycles. The highest BCUT2D eigenvalue weighted by molar-refractivity contribution is 7.09. The Morgan fingerprint density at radius 2 is 1.85 bits per heavy atom. The Labute approximate surface area is 155 Å². The standard InChI is InChI=1S/C18H20N2O5S/c1-3-24-18(23)10-20(15-7-5-4-6-8-15)16(21)11-25-17(22)9-14-12-26-13(2)19-14/h4-8,12H,3,9-11H2,1-2H3. The normalized spacial score (nSPS) is 10.2. The highest BCUT2D eigenvalue weighted by Crippen LogP contribution is 2.14. The maximum Gasteiger partial charge on any atom is 0.326 e. The molecule has 138 valence electrons. The van der Waals surface area contributed by atoms with Crippen LogP contribution in [0.2, 0.25) is 0 Å². The molecule has 0 atom stereocenters. The Hall–Kier alpha value is -2.74. The molecule has 0 saturated carbocycles. The van der Waals surface area contributed by atoms with E-state index in [9.17, 15) is 14.4 Å². The molecule has 8 heteroatoms. The van der Waals surface area contributed by atoms with Crippen LogP contribution < -0.4 is 4.90 Å². The SMILES string of the molecule is CCOC(=O)CN(C(=O)COC(=O)Cc1csc(C)n1)c1ccccc1. The van der Waals surface area contributed by atoms with Crippen LogP contribution in [-0.2, 0) is 30.3 Å². The molecule has 0 N–H and O–H groups in total. The van der Waals surface area contributed by atoms with Crippen LogP contribution in [0.4, 0.5) is 5.69 Å². The third-order valence-corrected chi connectivity index (χ3v) is 4.13. The highest BCUT2D eigenvalue weighted by Gasteiger charge is 2.21. The number of thiazole rings is 1. The van der Waals surface area contributed by atoms with Gasteiger partial charge in [0, 0.05) is 11.1 Å². The van der Waals surface area contributed by atoms with Crippen LogP contribution in [0.15, 0.2) is 35.7 Å². The molecular weight excluding hydrogens is 356 g/mol. The van der Waals surface area contributed by atoms with Gasteiger partial charge in [0.1, 0.15) is 6.54 Å². The number of hydrogen-bond acceptors (Lipinski definition) is 7. The summed E-state index contributed by atoms with van der Waals surface area (Å²) in [5, 5.41) is 2.63. The Morgan fingerprint density at radius 1 is 1.12 bits per heavy atom. The van der Waals surface area contributed by atoms with Gasteiger partial charge in [-0.3, -0.25) is 19.3 Å². The second-order valence-electron chi connectivity index (χ2n) is 5.32. The van der Waals surface area contributed by atoms with Gasteiger partial charge in [0.15, 0.2) is 6.61 Å². The Kier molecular flexibility index (Phi) is 7.28. The van der Waals surface area contributed by atoms with Crippen LogP contribution in [0.3, 0.4) is 0 Å². The molecule has 26 heavy (non-hydrogen) atoms. The summed E-state index contributed by atoms with van der Waals surface area (Å²) in [7, 11) is 0. The van der Waals surface area contributed by atoms with Gasteiger partial charge in [-0.15, -0.1) is 11.3 Å². The second kappa shape index (κ2) is 9.67. The van der Waals surface area contributed by atoms with Gasteiger partial charge in [-0.25, -0.2) is 4.98 Å². The number of hydrogen-bond donors (Lipinski definition) is 0. The number of nitrogens with zero attached hydrogens (tertiary/aromatic N) is 2. The zero-order valence-electron chi connectivity index (χ0n) is 14.6. The summed E-state index contributed by atoms with van der Waals surface area (Å²) >= 11 is 1.44. The lowest BCUT2D eigenvalue weighted by Crippen LogP contribution is -2.39. The zero-order valence-corrected chi connectivity index (χ0v) is 15.5. The minimum absolute atomic E-state index is 0.000827. The lowest BCUT2D eigenvalue weighted by Gasteiger charge is -2.21. The van der Waals surface area contributed by atoms with E-state index in [-0.39, 0.29) is 19.6 Å². The van der Waals surface area contributed by atoms with Gasteiger partial charge < -0.3 is 9.47 Å². The first-order valence-electron chi connectivity index (χ1n) is 8.07. The summed E-state index contributed by atoms with van der Waals surface area (Å²) in [6, 6.07) is 8.68. The number of carbonyl (C=O) groups is 3. The highest BCUT2D eigenvalue weighted by atomic mass is 32.1. The summed E-state index contributed by atoms with van der Waals surface area (Å²) < 4.78 is 9.95. The lowest BCUT2D eigenvalue weighted by molar-refractivity contribution is -0.147. The van der Waals surface area contributed by atoms with Gasteiger partial charge in [0.05, 0.1) is 23.7 Å². The van der Waals surface area contributed by atoms with Gasteiger partial charge in [0.2, 0.25) is 0 Å². The van der Waals surface area contributed by atoms with Crippen LogP contribution in [0, 0.1) is 6.92 Å². The molecule has 2 rings (SSSR count). The fourth-order valence-corrected chi connectivity index (χ4v) is 2.79. The number of anilines is 1. The maximum atomic E-state index is 12.5. The molecule has 0 aliphatic carbocycles. The molecule has 1 aromatic carbocycles. The van der Waals surface area contributed by atoms with E-state index in [1.165, 1.54) is 16.2 Å². The fourth-order valence-electron chi connectivity index (χ4n) is 2.18. The van der Waals surface area contributed by atoms with Crippen molar-refractivity contribution in [3.8, 4) is 0 Å². The van der Waals surface area contributed by atoms with Crippen molar-refractivity contribution < 1.29 is 23.9 Å². The molecule has 0 bridgehead atoms. The Morgan fingerprint density at radius 3 is 2.46 bits per heavy atom. The average Bonchev–Trinajstić information content (AvgIpc) is 3.03. The van der Waals surface area contributed by atoms with Crippen molar-refractivity contribution in [2.45, 2.75) is 20.3 Å². The largest absolute Gasteiger partial charge is 0.465 e. The molecule has 0 fully saturated rings. The number of benzene rings is 1. The molecule has 0 aliphatic rings. The number of para-hydroxylation sites is 1. The number of ether oxygens (including phenoxy) is 2. The zero-order chi connectivity index (χ0) is 18.9. The van der Waals surface area contributed by atoms with Crippen LogP contribution in [-0.4, -0.2) is 42.6 Å². The van der Waals surface area contributed by atoms with Crippen molar-refractivity contribution in [2.75, 3.05) is 24.7 Å². The predicted octanol–water partition coefficient (Wildman–Crippen LogP) is 2.13. The molecular formula is C18H20N2O5S. The summed E-state index contributed by atoms with van der Waals surface area (Å²) in [5.74, 6) is -1.59. The first-order chi connectivity index (χ1) is 12.5. The monoisotopic (exact) mass is 376 g/mol. The van der Waals surface area contributed by atoms with E-state index in [2.05, 4.69) is 4.98 Å². The van der Waals surface area contributed by atoms with Crippen LogP contribution in [0.1, 0.15) is 17.6 Å². The molecule has 1 aromatic heterocycles. The third kappa shape index (κ3) is 5.96. The number of amides is 1. The second-order valence-corrected chi connectivity index (χ2v) is 6.38. The third-order valence-electron chi connectivity index (χ3n) is 3.31. The summed E-state index contributed by atoms with van der Waals surface area (Å²) in [4.78, 5) is 41.6. The summed E-state index contributed by atoms with van der Waals surface area (Å²) in [5.41, 5.74) is 1.13. The van der Waals surface area contributed by atoms with Crippen molar-refractivity contribution in [1.29, 1.82) is 0 Å². The van der Waals surface area contributed by atoms with E-state index >= 15 is 0 Å². The van der Waals surface area contributed by atoms with Crippen LogP contribution >= 0.6 is 11.3 Å². The summed E-state index contributed by atoms with van der Waals surface area (Å²) in [6.07, 6.45) is 0.000827. The van der Waals surface area contributed by atoms with Crippen molar-refractivity contribution in [2.24, 2.45) is 0 Å². The fraction of sp³-hybridized carbons (Fsp3) is 0.333. The van der Waals surface area contributed by atoms with Crippen LogP contribution in [0.5, 0.6) is 0 Å². The first kappa shape index (κ1) is 19.6. The van der Waals surface area contributed by atoms with Gasteiger partial charge in [0.25, 0.3) is 5.91 Å². The van der Waals surface area contributed by atoms with Gasteiger partial charge in [-0.05, 0) is 26.0 Å². The number of carbonyl (C=O) groups excluding carboxylic acids is 3. The van der Waals surface area contributed by atoms with Crippen molar-refractivity contribution in [3.05, 3.63) is 46.4 Å². The molecule has 1 amide bonds. The van der Waals surface area contributed by atoms with E-state index in [1.54, 1.807) is 42.6 Å². The van der Waals surface area contributed by atoms with E-state index in [1.807, 2.05) is 6.92 Å². The smallest absolute Gasteiger partial charge is 0.326 e. The van der Waals surface area contributed by atoms with Crippen molar-refractivity contribution >= 4 is 34.9 Å². The predicted molar refractivity (Wildman–Crippen MR) is 96.9 cm³/mol. The average molecular weight is 376 g/mol. The van der Waals surface area contributed by atoms with Gasteiger partial charge in [-0.2, -0.15) is 0 Å². The van der Waals surface area contributed by atoms with Gasteiger partial charge in [-0.1, -0.05) is 18.2 Å². The molecule has 0 radical (unpaired) electrons. The Balaban J connectivity index is 1.97. The van der Waals surface area contributed by atoms with E-state index in [4.69, 9.17) is 9.47 Å². The first-order valence-corrected chi connectivity index (χ1v) is 8.95. The van der Waals surface area contributed by atoms with Crippen molar-refractivity contribution in [3.63, 3.8) is 0 Å². The number of rotatable bonds is 8. The topological polar surface area (TPSA) is 85.8 Å². The minimum Gasteiger partial charge on any atom is -0.465 e. The minimum atomic E-state index is -0.548. The molecule has 1 heterocycles. The maximum absolute atomic E-state index is 12.5. The molecule has 7 nitrogen and oxygen atoms in total. The molecule has 0 spiro atoms. The molecule has 2 aromatic rings. The Bertz CT molecular complexity index is 760.